The van der Waals surface area contributed by atoms with Gasteiger partial charge in [-0.25, -0.2) is 9.78 Å². The number of nitrogens with zero attached hydrogens (tertiary/aromatic N) is 2. The normalized spacial score (nSPS) is 16.4. The van der Waals surface area contributed by atoms with Gasteiger partial charge >= 0.3 is 5.97 Å². The summed E-state index contributed by atoms with van der Waals surface area (Å²) in [5.41, 5.74) is 5.37. The van der Waals surface area contributed by atoms with Crippen LogP contribution in [0.3, 0.4) is 0 Å². The Bertz CT molecular complexity index is 1500. The lowest BCUT2D eigenvalue weighted by Crippen LogP contribution is -2.05. The van der Waals surface area contributed by atoms with Crippen LogP contribution in [0, 0.1) is 6.92 Å². The number of fused-ring (bicyclic) bond motifs is 2. The number of aromatic carboxylic acids is 1. The zero-order chi connectivity index (χ0) is 25.7. The fourth-order valence-corrected chi connectivity index (χ4v) is 5.17. The minimum atomic E-state index is -0.989. The number of hydrogen-bond donors (Lipinski definition) is 1. The summed E-state index contributed by atoms with van der Waals surface area (Å²) in [5.74, 6) is 1.87. The number of aryl methyl sites for hydroxylation is 1. The molecular formula is C29H25ClN2O5. The molecule has 1 fully saturated rings. The molecule has 7 nitrogen and oxygen atoms in total. The lowest BCUT2D eigenvalue weighted by molar-refractivity contribution is 0.0696. The number of benzene rings is 2. The molecule has 0 unspecified atom stereocenters. The second-order valence-electron chi connectivity index (χ2n) is 9.74. The monoisotopic (exact) mass is 516 g/mol. The molecule has 2 aromatic carbocycles. The van der Waals surface area contributed by atoms with Gasteiger partial charge < -0.3 is 19.1 Å². The van der Waals surface area contributed by atoms with Crippen LogP contribution in [-0.2, 0) is 13.0 Å². The molecule has 0 radical (unpaired) electrons. The Hall–Kier alpha value is -3.84. The van der Waals surface area contributed by atoms with Crippen LogP contribution < -0.4 is 9.47 Å². The predicted molar refractivity (Wildman–Crippen MR) is 138 cm³/mol. The highest BCUT2D eigenvalue weighted by atomic mass is 35.5. The van der Waals surface area contributed by atoms with E-state index in [1.165, 1.54) is 0 Å². The van der Waals surface area contributed by atoms with E-state index in [-0.39, 0.29) is 18.1 Å². The van der Waals surface area contributed by atoms with E-state index in [0.29, 0.717) is 40.4 Å². The third kappa shape index (κ3) is 4.44. The van der Waals surface area contributed by atoms with Crippen molar-refractivity contribution in [1.82, 2.24) is 10.1 Å². The Morgan fingerprint density at radius 3 is 2.76 bits per heavy atom. The summed E-state index contributed by atoms with van der Waals surface area (Å²) in [6.07, 6.45) is 2.81. The Balaban J connectivity index is 1.29. The third-order valence-electron chi connectivity index (χ3n) is 6.98. The summed E-state index contributed by atoms with van der Waals surface area (Å²) in [6, 6.07) is 14.3. The third-order valence-corrected chi connectivity index (χ3v) is 7.29. The number of ether oxygens (including phenoxy) is 2. The quantitative estimate of drug-likeness (QED) is 0.287. The van der Waals surface area contributed by atoms with Crippen LogP contribution >= 0.6 is 11.6 Å². The van der Waals surface area contributed by atoms with E-state index in [0.717, 1.165) is 46.5 Å². The first kappa shape index (κ1) is 23.6. The molecule has 1 aliphatic heterocycles. The SMILES string of the molecule is Cc1cccc(Cl)c1-c1noc(C2CC2)c1COc1ccc2c(n1)[C@H](C)Cc1ccc(C(=O)O)cc1O2. The molecule has 3 heterocycles. The van der Waals surface area contributed by atoms with E-state index < -0.39 is 5.97 Å². The topological polar surface area (TPSA) is 94.7 Å². The molecule has 0 amide bonds. The van der Waals surface area contributed by atoms with Crippen molar-refractivity contribution in [3.05, 3.63) is 87.3 Å². The average molecular weight is 517 g/mol. The van der Waals surface area contributed by atoms with Gasteiger partial charge in [-0.05, 0) is 61.6 Å². The lowest BCUT2D eigenvalue weighted by atomic mass is 9.97. The number of carboxylic acid groups (broad SMARTS) is 1. The van der Waals surface area contributed by atoms with Crippen LogP contribution in [0.2, 0.25) is 5.02 Å². The van der Waals surface area contributed by atoms with Crippen molar-refractivity contribution < 1.29 is 23.9 Å². The molecular weight excluding hydrogens is 492 g/mol. The van der Waals surface area contributed by atoms with Crippen molar-refractivity contribution >= 4 is 17.6 Å². The number of hydrogen-bond acceptors (Lipinski definition) is 6. The summed E-state index contributed by atoms with van der Waals surface area (Å²) in [5, 5.41) is 14.4. The molecule has 8 heteroatoms. The molecule has 2 aliphatic rings. The molecule has 2 aromatic heterocycles. The van der Waals surface area contributed by atoms with Gasteiger partial charge in [0.1, 0.15) is 29.6 Å². The number of pyridine rings is 1. The second kappa shape index (κ2) is 9.23. The van der Waals surface area contributed by atoms with Gasteiger partial charge in [-0.2, -0.15) is 0 Å². The van der Waals surface area contributed by atoms with E-state index in [1.807, 2.05) is 37.3 Å². The maximum Gasteiger partial charge on any atom is 0.335 e. The van der Waals surface area contributed by atoms with E-state index >= 15 is 0 Å². The van der Waals surface area contributed by atoms with Gasteiger partial charge in [-0.15, -0.1) is 0 Å². The molecule has 188 valence electrons. The van der Waals surface area contributed by atoms with Gasteiger partial charge in [0.25, 0.3) is 0 Å². The highest BCUT2D eigenvalue weighted by molar-refractivity contribution is 6.33. The van der Waals surface area contributed by atoms with Crippen LogP contribution in [0.15, 0.2) is 53.1 Å². The van der Waals surface area contributed by atoms with E-state index in [2.05, 4.69) is 12.1 Å². The molecule has 1 aliphatic carbocycles. The first-order valence-corrected chi connectivity index (χ1v) is 12.7. The van der Waals surface area contributed by atoms with Gasteiger partial charge in [0, 0.05) is 23.5 Å². The fourth-order valence-electron chi connectivity index (χ4n) is 4.86. The Kier molecular flexibility index (Phi) is 5.88. The molecule has 0 bridgehead atoms. The van der Waals surface area contributed by atoms with E-state index in [9.17, 15) is 9.90 Å². The Labute approximate surface area is 219 Å². The molecule has 0 spiro atoms. The number of carbonyl (C=O) groups is 1. The maximum absolute atomic E-state index is 11.4. The minimum absolute atomic E-state index is 0.0504. The smallest absolute Gasteiger partial charge is 0.335 e. The average Bonchev–Trinajstić information content (AvgIpc) is 3.65. The predicted octanol–water partition coefficient (Wildman–Crippen LogP) is 7.30. The molecule has 6 rings (SSSR count). The van der Waals surface area contributed by atoms with Crippen LogP contribution in [0.5, 0.6) is 17.4 Å². The zero-order valence-corrected chi connectivity index (χ0v) is 21.2. The fraction of sp³-hybridized carbons (Fsp3) is 0.276. The van der Waals surface area contributed by atoms with Crippen molar-refractivity contribution in [1.29, 1.82) is 0 Å². The van der Waals surface area contributed by atoms with Crippen LogP contribution in [0.25, 0.3) is 11.3 Å². The van der Waals surface area contributed by atoms with Crippen molar-refractivity contribution in [2.75, 3.05) is 0 Å². The summed E-state index contributed by atoms with van der Waals surface area (Å²) < 4.78 is 18.1. The number of rotatable bonds is 6. The van der Waals surface area contributed by atoms with Gasteiger partial charge in [0.05, 0.1) is 21.8 Å². The van der Waals surface area contributed by atoms with Gasteiger partial charge in [0.15, 0.2) is 0 Å². The van der Waals surface area contributed by atoms with Crippen molar-refractivity contribution in [3.63, 3.8) is 0 Å². The van der Waals surface area contributed by atoms with Crippen molar-refractivity contribution in [2.45, 2.75) is 51.6 Å². The number of halogens is 1. The van der Waals surface area contributed by atoms with E-state index in [4.69, 9.17) is 30.6 Å². The van der Waals surface area contributed by atoms with E-state index in [1.54, 1.807) is 18.2 Å². The van der Waals surface area contributed by atoms with Gasteiger partial charge in [-0.3, -0.25) is 0 Å². The summed E-state index contributed by atoms with van der Waals surface area (Å²) in [7, 11) is 0. The summed E-state index contributed by atoms with van der Waals surface area (Å²) in [6.45, 7) is 4.32. The second-order valence-corrected chi connectivity index (χ2v) is 10.1. The largest absolute Gasteiger partial charge is 0.478 e. The van der Waals surface area contributed by atoms with Gasteiger partial charge in [0.2, 0.25) is 5.88 Å². The first-order chi connectivity index (χ1) is 17.9. The summed E-state index contributed by atoms with van der Waals surface area (Å²) >= 11 is 6.55. The highest BCUT2D eigenvalue weighted by Gasteiger charge is 2.33. The van der Waals surface area contributed by atoms with Gasteiger partial charge in [-0.1, -0.05) is 41.9 Å². The highest BCUT2D eigenvalue weighted by Crippen LogP contribution is 2.46. The molecule has 0 saturated heterocycles. The van der Waals surface area contributed by atoms with Crippen LogP contribution in [0.1, 0.15) is 70.1 Å². The maximum atomic E-state index is 11.4. The zero-order valence-electron chi connectivity index (χ0n) is 20.5. The molecule has 1 saturated carbocycles. The molecule has 4 aromatic rings. The van der Waals surface area contributed by atoms with Crippen LogP contribution in [-0.4, -0.2) is 21.2 Å². The molecule has 1 atom stereocenters. The minimum Gasteiger partial charge on any atom is -0.478 e. The first-order valence-electron chi connectivity index (χ1n) is 12.3. The van der Waals surface area contributed by atoms with Crippen molar-refractivity contribution in [3.8, 4) is 28.6 Å². The Morgan fingerprint density at radius 1 is 1.16 bits per heavy atom. The Morgan fingerprint density at radius 2 is 2.00 bits per heavy atom. The summed E-state index contributed by atoms with van der Waals surface area (Å²) in [4.78, 5) is 16.2. The molecule has 37 heavy (non-hydrogen) atoms. The van der Waals surface area contributed by atoms with Crippen LogP contribution in [0.4, 0.5) is 0 Å². The number of carboxylic acids is 1. The standard InChI is InChI=1S/C29H25ClN2O5/c1-15-4-3-5-21(30)25(15)27-20(28(37-32-27)17-6-7-17)14-35-24-11-10-22-26(31-24)16(2)12-18-8-9-19(29(33)34)13-23(18)36-22/h3-5,8-11,13,16-17H,6-7,12,14H2,1-2H3,(H,33,34)/t16-/m1/s1. The molecule has 1 N–H and O–H groups in total. The lowest BCUT2D eigenvalue weighted by Gasteiger charge is -2.14. The number of aromatic nitrogens is 2. The van der Waals surface area contributed by atoms with Crippen molar-refractivity contribution in [2.24, 2.45) is 0 Å².